The maximum Gasteiger partial charge on any atom is 0.144 e. The summed E-state index contributed by atoms with van der Waals surface area (Å²) in [6.07, 6.45) is 5.31. The van der Waals surface area contributed by atoms with Crippen molar-refractivity contribution < 1.29 is 0 Å². The maximum atomic E-state index is 5.76. The number of rotatable bonds is 4. The van der Waals surface area contributed by atoms with Crippen LogP contribution in [0.25, 0.3) is 0 Å². The van der Waals surface area contributed by atoms with Crippen LogP contribution in [0.3, 0.4) is 0 Å². The molecule has 0 spiro atoms. The first-order valence-corrected chi connectivity index (χ1v) is 6.99. The van der Waals surface area contributed by atoms with Gasteiger partial charge in [-0.1, -0.05) is 19.8 Å². The standard InChI is InChI=1S/C14H24N4/c1-3-4-12-5-7-18(8-6-12)10-14-16-11(2)9-13(15)17-14/h9,12H,3-8,10H2,1-2H3,(H2,15,16,17). The molecule has 0 aliphatic carbocycles. The fraction of sp³-hybridized carbons (Fsp3) is 0.714. The van der Waals surface area contributed by atoms with Gasteiger partial charge in [0.15, 0.2) is 0 Å². The summed E-state index contributed by atoms with van der Waals surface area (Å²) in [5.74, 6) is 2.37. The highest BCUT2D eigenvalue weighted by atomic mass is 15.2. The van der Waals surface area contributed by atoms with E-state index in [1.165, 1.54) is 38.8 Å². The Morgan fingerprint density at radius 3 is 2.67 bits per heavy atom. The van der Waals surface area contributed by atoms with Gasteiger partial charge in [-0.15, -0.1) is 0 Å². The van der Waals surface area contributed by atoms with Crippen molar-refractivity contribution in [1.29, 1.82) is 0 Å². The first-order chi connectivity index (χ1) is 8.67. The average molecular weight is 248 g/mol. The van der Waals surface area contributed by atoms with E-state index in [-0.39, 0.29) is 0 Å². The van der Waals surface area contributed by atoms with Crippen molar-refractivity contribution in [2.45, 2.75) is 46.1 Å². The first-order valence-electron chi connectivity index (χ1n) is 6.99. The maximum absolute atomic E-state index is 5.76. The normalized spacial score (nSPS) is 18.1. The van der Waals surface area contributed by atoms with E-state index in [0.29, 0.717) is 5.82 Å². The van der Waals surface area contributed by atoms with Crippen LogP contribution in [0.1, 0.15) is 44.1 Å². The van der Waals surface area contributed by atoms with Gasteiger partial charge in [0, 0.05) is 11.8 Å². The highest BCUT2D eigenvalue weighted by Gasteiger charge is 2.19. The molecule has 1 fully saturated rings. The number of hydrogen-bond donors (Lipinski definition) is 1. The summed E-state index contributed by atoms with van der Waals surface area (Å²) in [6.45, 7) is 7.42. The van der Waals surface area contributed by atoms with E-state index in [0.717, 1.165) is 24.0 Å². The topological polar surface area (TPSA) is 55.0 Å². The smallest absolute Gasteiger partial charge is 0.144 e. The highest BCUT2D eigenvalue weighted by Crippen LogP contribution is 2.22. The Labute approximate surface area is 110 Å². The van der Waals surface area contributed by atoms with Crippen molar-refractivity contribution >= 4 is 5.82 Å². The number of nitrogens with zero attached hydrogens (tertiary/aromatic N) is 3. The van der Waals surface area contributed by atoms with Gasteiger partial charge in [0.2, 0.25) is 0 Å². The Balaban J connectivity index is 1.87. The van der Waals surface area contributed by atoms with E-state index < -0.39 is 0 Å². The highest BCUT2D eigenvalue weighted by molar-refractivity contribution is 5.29. The predicted molar refractivity (Wildman–Crippen MR) is 74.1 cm³/mol. The van der Waals surface area contributed by atoms with Gasteiger partial charge in [0.1, 0.15) is 11.6 Å². The Morgan fingerprint density at radius 2 is 2.06 bits per heavy atom. The van der Waals surface area contributed by atoms with E-state index in [2.05, 4.69) is 21.8 Å². The number of likely N-dealkylation sites (tertiary alicyclic amines) is 1. The van der Waals surface area contributed by atoms with Gasteiger partial charge in [-0.05, 0) is 38.8 Å². The molecule has 0 aromatic carbocycles. The van der Waals surface area contributed by atoms with Crippen molar-refractivity contribution in [1.82, 2.24) is 14.9 Å². The fourth-order valence-corrected chi connectivity index (χ4v) is 2.77. The molecule has 1 aromatic heterocycles. The summed E-state index contributed by atoms with van der Waals surface area (Å²) in [7, 11) is 0. The molecule has 2 heterocycles. The monoisotopic (exact) mass is 248 g/mol. The van der Waals surface area contributed by atoms with Crippen LogP contribution in [0.5, 0.6) is 0 Å². The van der Waals surface area contributed by atoms with Crippen LogP contribution >= 0.6 is 0 Å². The van der Waals surface area contributed by atoms with Crippen LogP contribution in [-0.4, -0.2) is 28.0 Å². The van der Waals surface area contributed by atoms with E-state index in [1.807, 2.05) is 13.0 Å². The van der Waals surface area contributed by atoms with Gasteiger partial charge in [-0.25, -0.2) is 9.97 Å². The van der Waals surface area contributed by atoms with Crippen LogP contribution < -0.4 is 5.73 Å². The molecule has 1 saturated heterocycles. The van der Waals surface area contributed by atoms with Crippen LogP contribution in [0.4, 0.5) is 5.82 Å². The van der Waals surface area contributed by atoms with Gasteiger partial charge in [0.25, 0.3) is 0 Å². The minimum absolute atomic E-state index is 0.582. The summed E-state index contributed by atoms with van der Waals surface area (Å²) in [6, 6.07) is 1.82. The SMILES string of the molecule is CCCC1CCN(Cc2nc(C)cc(N)n2)CC1. The zero-order valence-corrected chi connectivity index (χ0v) is 11.5. The molecule has 4 nitrogen and oxygen atoms in total. The van der Waals surface area contributed by atoms with Crippen molar-refractivity contribution in [3.8, 4) is 0 Å². The molecular weight excluding hydrogens is 224 g/mol. The average Bonchev–Trinajstić information content (AvgIpc) is 2.31. The zero-order chi connectivity index (χ0) is 13.0. The van der Waals surface area contributed by atoms with Gasteiger partial charge >= 0.3 is 0 Å². The van der Waals surface area contributed by atoms with E-state index in [9.17, 15) is 0 Å². The van der Waals surface area contributed by atoms with Crippen LogP contribution in [0.15, 0.2) is 6.07 Å². The van der Waals surface area contributed by atoms with Crippen LogP contribution in [0, 0.1) is 12.8 Å². The van der Waals surface area contributed by atoms with E-state index >= 15 is 0 Å². The third-order valence-corrected chi connectivity index (χ3v) is 3.69. The van der Waals surface area contributed by atoms with Crippen molar-refractivity contribution in [3.05, 3.63) is 17.6 Å². The molecule has 18 heavy (non-hydrogen) atoms. The number of piperidine rings is 1. The Morgan fingerprint density at radius 1 is 1.33 bits per heavy atom. The fourth-order valence-electron chi connectivity index (χ4n) is 2.77. The Bertz CT molecular complexity index is 363. The molecule has 0 unspecified atom stereocenters. The minimum Gasteiger partial charge on any atom is -0.384 e. The summed E-state index contributed by atoms with van der Waals surface area (Å²) in [4.78, 5) is 11.2. The molecular formula is C14H24N4. The molecule has 1 aliphatic rings. The van der Waals surface area contributed by atoms with Gasteiger partial charge in [0.05, 0.1) is 6.54 Å². The van der Waals surface area contributed by atoms with Crippen LogP contribution in [0.2, 0.25) is 0 Å². The number of hydrogen-bond acceptors (Lipinski definition) is 4. The molecule has 1 aliphatic heterocycles. The molecule has 0 atom stereocenters. The van der Waals surface area contributed by atoms with Crippen molar-refractivity contribution in [2.24, 2.45) is 5.92 Å². The molecule has 0 amide bonds. The van der Waals surface area contributed by atoms with Crippen LogP contribution in [-0.2, 0) is 6.54 Å². The van der Waals surface area contributed by atoms with Gasteiger partial charge in [-0.3, -0.25) is 4.90 Å². The lowest BCUT2D eigenvalue weighted by molar-refractivity contribution is 0.168. The molecule has 0 saturated carbocycles. The number of nitrogens with two attached hydrogens (primary N) is 1. The largest absolute Gasteiger partial charge is 0.384 e. The Hall–Kier alpha value is -1.16. The third kappa shape index (κ3) is 3.67. The van der Waals surface area contributed by atoms with Gasteiger partial charge in [-0.2, -0.15) is 0 Å². The summed E-state index contributed by atoms with van der Waals surface area (Å²) in [5.41, 5.74) is 6.71. The third-order valence-electron chi connectivity index (χ3n) is 3.69. The second-order valence-electron chi connectivity index (χ2n) is 5.36. The summed E-state index contributed by atoms with van der Waals surface area (Å²) < 4.78 is 0. The van der Waals surface area contributed by atoms with Crippen molar-refractivity contribution in [3.63, 3.8) is 0 Å². The zero-order valence-electron chi connectivity index (χ0n) is 11.5. The molecule has 2 rings (SSSR count). The molecule has 100 valence electrons. The molecule has 0 bridgehead atoms. The molecule has 0 radical (unpaired) electrons. The predicted octanol–water partition coefficient (Wildman–Crippen LogP) is 2.38. The summed E-state index contributed by atoms with van der Waals surface area (Å²) >= 11 is 0. The number of nitrogen functional groups attached to an aromatic ring is 1. The lowest BCUT2D eigenvalue weighted by Gasteiger charge is -2.31. The minimum atomic E-state index is 0.582. The number of aromatic nitrogens is 2. The number of aryl methyl sites for hydroxylation is 1. The second kappa shape index (κ2) is 6.14. The lowest BCUT2D eigenvalue weighted by atomic mass is 9.92. The lowest BCUT2D eigenvalue weighted by Crippen LogP contribution is -2.33. The molecule has 1 aromatic rings. The summed E-state index contributed by atoms with van der Waals surface area (Å²) in [5, 5.41) is 0. The number of anilines is 1. The van der Waals surface area contributed by atoms with E-state index in [1.54, 1.807) is 0 Å². The van der Waals surface area contributed by atoms with Crippen molar-refractivity contribution in [2.75, 3.05) is 18.8 Å². The van der Waals surface area contributed by atoms with E-state index in [4.69, 9.17) is 5.73 Å². The molecule has 4 heteroatoms. The van der Waals surface area contributed by atoms with Gasteiger partial charge < -0.3 is 5.73 Å². The quantitative estimate of drug-likeness (QED) is 0.889. The Kier molecular flexibility index (Phi) is 4.53. The molecule has 2 N–H and O–H groups in total. The first kappa shape index (κ1) is 13.3. The second-order valence-corrected chi connectivity index (χ2v) is 5.36.